The number of nitrogens with zero attached hydrogens (tertiary/aromatic N) is 5. The van der Waals surface area contributed by atoms with Crippen LogP contribution in [-0.2, 0) is 15.3 Å². The maximum atomic E-state index is 13.3. The summed E-state index contributed by atoms with van der Waals surface area (Å²) in [5.74, 6) is 1.07. The van der Waals surface area contributed by atoms with E-state index in [4.69, 9.17) is 21.3 Å². The third kappa shape index (κ3) is 7.32. The summed E-state index contributed by atoms with van der Waals surface area (Å²) in [5.41, 5.74) is 3.66. The summed E-state index contributed by atoms with van der Waals surface area (Å²) in [4.78, 5) is 41.4. The van der Waals surface area contributed by atoms with Crippen LogP contribution in [0.15, 0.2) is 59.8 Å². The fraction of sp³-hybridized carbons (Fsp3) is 0.419. The Bertz CT molecular complexity index is 1380. The number of esters is 1. The number of halogens is 1. The number of amides is 1. The topological polar surface area (TPSA) is 78.9 Å². The first-order chi connectivity index (χ1) is 19.9. The molecule has 5 rings (SSSR count). The van der Waals surface area contributed by atoms with Crippen LogP contribution in [0.2, 0.25) is 5.02 Å². The van der Waals surface area contributed by atoms with Crippen molar-refractivity contribution in [2.45, 2.75) is 37.6 Å². The molecule has 2 fully saturated rings. The number of carbonyl (C=O) groups excluding carboxylic acids is 2. The molecule has 3 aromatic rings. The highest BCUT2D eigenvalue weighted by atomic mass is 35.5. The first kappa shape index (κ1) is 29.2. The molecule has 41 heavy (non-hydrogen) atoms. The minimum Gasteiger partial charge on any atom is -0.466 e. The molecule has 1 atom stereocenters. The SMILES string of the molecule is CCOC(=O)[C@H]1CCCN(C(=O)c2cccc(CSc3nc(C)cc(N4CCN(c5ccccc5Cl)CC4)n3)c2)C1. The molecule has 0 unspecified atom stereocenters. The van der Waals surface area contributed by atoms with Crippen LogP contribution in [-0.4, -0.2) is 72.6 Å². The zero-order valence-electron chi connectivity index (χ0n) is 23.6. The van der Waals surface area contributed by atoms with Gasteiger partial charge in [-0.1, -0.05) is 47.6 Å². The quantitative estimate of drug-likeness (QED) is 0.193. The van der Waals surface area contributed by atoms with E-state index in [0.717, 1.165) is 72.0 Å². The van der Waals surface area contributed by atoms with Crippen molar-refractivity contribution < 1.29 is 14.3 Å². The maximum Gasteiger partial charge on any atom is 0.310 e. The van der Waals surface area contributed by atoms with Crippen molar-refractivity contribution >= 4 is 46.7 Å². The molecule has 0 spiro atoms. The van der Waals surface area contributed by atoms with E-state index in [2.05, 4.69) is 20.9 Å². The summed E-state index contributed by atoms with van der Waals surface area (Å²) in [6.07, 6.45) is 1.56. The third-order valence-corrected chi connectivity index (χ3v) is 8.73. The van der Waals surface area contributed by atoms with E-state index in [9.17, 15) is 9.59 Å². The normalized spacial score (nSPS) is 17.4. The number of rotatable bonds is 8. The van der Waals surface area contributed by atoms with Gasteiger partial charge in [-0.15, -0.1) is 0 Å². The van der Waals surface area contributed by atoms with Crippen molar-refractivity contribution in [3.05, 3.63) is 76.4 Å². The minimum atomic E-state index is -0.252. The molecule has 0 N–H and O–H groups in total. The molecule has 1 aromatic heterocycles. The monoisotopic (exact) mass is 593 g/mol. The number of hydrogen-bond donors (Lipinski definition) is 0. The van der Waals surface area contributed by atoms with Gasteiger partial charge in [0.2, 0.25) is 0 Å². The number of hydrogen-bond acceptors (Lipinski definition) is 8. The van der Waals surface area contributed by atoms with E-state index >= 15 is 0 Å². The van der Waals surface area contributed by atoms with Gasteiger partial charge >= 0.3 is 5.97 Å². The molecule has 3 heterocycles. The Hall–Kier alpha value is -3.30. The zero-order valence-corrected chi connectivity index (χ0v) is 25.2. The van der Waals surface area contributed by atoms with Crippen molar-refractivity contribution in [3.8, 4) is 0 Å². The fourth-order valence-corrected chi connectivity index (χ4v) is 6.47. The number of ether oxygens (including phenoxy) is 1. The minimum absolute atomic E-state index is 0.0455. The number of thioether (sulfide) groups is 1. The van der Waals surface area contributed by atoms with Crippen LogP contribution >= 0.6 is 23.4 Å². The van der Waals surface area contributed by atoms with Crippen molar-refractivity contribution in [1.82, 2.24) is 14.9 Å². The van der Waals surface area contributed by atoms with Crippen molar-refractivity contribution in [1.29, 1.82) is 0 Å². The Morgan fingerprint density at radius 2 is 1.78 bits per heavy atom. The highest BCUT2D eigenvalue weighted by Crippen LogP contribution is 2.28. The molecule has 0 bridgehead atoms. The summed E-state index contributed by atoms with van der Waals surface area (Å²) < 4.78 is 5.19. The smallest absolute Gasteiger partial charge is 0.310 e. The molecule has 2 aromatic carbocycles. The van der Waals surface area contributed by atoms with Gasteiger partial charge in [-0.2, -0.15) is 0 Å². The van der Waals surface area contributed by atoms with E-state index in [1.165, 1.54) is 0 Å². The second-order valence-electron chi connectivity index (χ2n) is 10.4. The average molecular weight is 594 g/mol. The van der Waals surface area contributed by atoms with Gasteiger partial charge in [0, 0.05) is 62.3 Å². The largest absolute Gasteiger partial charge is 0.466 e. The van der Waals surface area contributed by atoms with Crippen LogP contribution < -0.4 is 9.80 Å². The van der Waals surface area contributed by atoms with E-state index in [0.29, 0.717) is 31.0 Å². The number of likely N-dealkylation sites (tertiary alicyclic amines) is 1. The highest BCUT2D eigenvalue weighted by Gasteiger charge is 2.30. The Morgan fingerprint density at radius 1 is 1.00 bits per heavy atom. The molecule has 2 saturated heterocycles. The van der Waals surface area contributed by atoms with Gasteiger partial charge in [0.05, 0.1) is 23.2 Å². The van der Waals surface area contributed by atoms with Gasteiger partial charge in [-0.25, -0.2) is 9.97 Å². The molecule has 10 heteroatoms. The lowest BCUT2D eigenvalue weighted by atomic mass is 9.97. The van der Waals surface area contributed by atoms with Crippen molar-refractivity contribution in [2.24, 2.45) is 5.92 Å². The number of piperazine rings is 1. The van der Waals surface area contributed by atoms with E-state index in [1.807, 2.05) is 55.5 Å². The number of benzene rings is 2. The van der Waals surface area contributed by atoms with Crippen LogP contribution in [0.3, 0.4) is 0 Å². The number of piperidine rings is 1. The second kappa shape index (κ2) is 13.6. The lowest BCUT2D eigenvalue weighted by molar-refractivity contribution is -0.149. The standard InChI is InChI=1S/C31H36ClN5O3S/c1-3-40-30(39)25-10-7-13-37(20-25)29(38)24-9-6-8-23(19-24)21-41-31-33-22(2)18-28(34-31)36-16-14-35(15-17-36)27-12-5-4-11-26(27)32/h4-6,8-9,11-12,18-19,25H,3,7,10,13-17,20-21H2,1-2H3/t25-/m0/s1. The van der Waals surface area contributed by atoms with E-state index in [1.54, 1.807) is 23.6 Å². The summed E-state index contributed by atoms with van der Waals surface area (Å²) in [6.45, 7) is 8.66. The maximum absolute atomic E-state index is 13.3. The van der Waals surface area contributed by atoms with Gasteiger partial charge in [0.1, 0.15) is 5.82 Å². The number of aryl methyl sites for hydroxylation is 1. The Kier molecular flexibility index (Phi) is 9.67. The lowest BCUT2D eigenvalue weighted by Crippen LogP contribution is -2.47. The predicted molar refractivity (Wildman–Crippen MR) is 164 cm³/mol. The summed E-state index contributed by atoms with van der Waals surface area (Å²) in [7, 11) is 0. The van der Waals surface area contributed by atoms with E-state index in [-0.39, 0.29) is 17.8 Å². The average Bonchev–Trinajstić information content (AvgIpc) is 3.00. The van der Waals surface area contributed by atoms with Gasteiger partial charge in [-0.05, 0) is 56.5 Å². The van der Waals surface area contributed by atoms with Crippen LogP contribution in [0.1, 0.15) is 41.4 Å². The Morgan fingerprint density at radius 3 is 2.56 bits per heavy atom. The molecule has 8 nitrogen and oxygen atoms in total. The van der Waals surface area contributed by atoms with Crippen LogP contribution in [0.4, 0.5) is 11.5 Å². The number of aromatic nitrogens is 2. The van der Waals surface area contributed by atoms with Crippen LogP contribution in [0, 0.1) is 12.8 Å². The molecule has 1 amide bonds. The van der Waals surface area contributed by atoms with Gasteiger partial charge in [0.25, 0.3) is 5.91 Å². The van der Waals surface area contributed by atoms with Gasteiger partial charge in [0.15, 0.2) is 5.16 Å². The zero-order chi connectivity index (χ0) is 28.8. The molecule has 0 saturated carbocycles. The van der Waals surface area contributed by atoms with Crippen LogP contribution in [0.25, 0.3) is 0 Å². The molecule has 0 radical (unpaired) electrons. The lowest BCUT2D eigenvalue weighted by Gasteiger charge is -2.37. The summed E-state index contributed by atoms with van der Waals surface area (Å²) in [6, 6.07) is 17.7. The Balaban J connectivity index is 1.19. The molecular weight excluding hydrogens is 558 g/mol. The number of anilines is 2. The predicted octanol–water partition coefficient (Wildman–Crippen LogP) is 5.47. The van der Waals surface area contributed by atoms with Gasteiger partial charge < -0.3 is 19.4 Å². The number of carbonyl (C=O) groups is 2. The molecule has 0 aliphatic carbocycles. The number of para-hydroxylation sites is 1. The molecule has 2 aliphatic rings. The summed E-state index contributed by atoms with van der Waals surface area (Å²) >= 11 is 7.98. The first-order valence-electron chi connectivity index (χ1n) is 14.2. The van der Waals surface area contributed by atoms with E-state index < -0.39 is 0 Å². The first-order valence-corrected chi connectivity index (χ1v) is 15.6. The van der Waals surface area contributed by atoms with Crippen LogP contribution in [0.5, 0.6) is 0 Å². The van der Waals surface area contributed by atoms with Crippen molar-refractivity contribution in [2.75, 3.05) is 55.7 Å². The Labute approximate surface area is 251 Å². The fourth-order valence-electron chi connectivity index (χ4n) is 5.38. The summed E-state index contributed by atoms with van der Waals surface area (Å²) in [5, 5.41) is 1.50. The van der Waals surface area contributed by atoms with Gasteiger partial charge in [-0.3, -0.25) is 9.59 Å². The molecule has 2 aliphatic heterocycles. The second-order valence-corrected chi connectivity index (χ2v) is 11.8. The molecule has 216 valence electrons. The third-order valence-electron chi connectivity index (χ3n) is 7.49. The molecular formula is C31H36ClN5O3S. The van der Waals surface area contributed by atoms with Crippen molar-refractivity contribution in [3.63, 3.8) is 0 Å². The highest BCUT2D eigenvalue weighted by molar-refractivity contribution is 7.98.